The summed E-state index contributed by atoms with van der Waals surface area (Å²) in [5.41, 5.74) is 2.20. The van der Waals surface area contributed by atoms with Gasteiger partial charge in [-0.3, -0.25) is 4.79 Å². The minimum Gasteiger partial charge on any atom is -0.490 e. The number of pyridine rings is 1. The van der Waals surface area contributed by atoms with E-state index in [2.05, 4.69) is 25.2 Å². The van der Waals surface area contributed by atoms with Crippen LogP contribution in [0, 0.1) is 23.2 Å². The van der Waals surface area contributed by atoms with E-state index in [0.717, 1.165) is 62.0 Å². The second-order valence-electron chi connectivity index (χ2n) is 8.93. The van der Waals surface area contributed by atoms with Crippen LogP contribution < -0.4 is 10.1 Å². The first kappa shape index (κ1) is 22.6. The van der Waals surface area contributed by atoms with Crippen LogP contribution in [0.3, 0.4) is 0 Å². The van der Waals surface area contributed by atoms with E-state index in [0.29, 0.717) is 28.3 Å². The Morgan fingerprint density at radius 2 is 1.94 bits per heavy atom. The molecule has 0 aliphatic heterocycles. The standard InChI is InChI=1S/C26H30ClN3O2/c1-3-18(4-2)29-25-12-11-21-24(30-25)14-22(26(21)31)16-5-8-19(9-6-16)32-20-10-7-17(15-28)23(27)13-20/h7,10-13,16,18-19,22H,3-6,8-9,14H2,1-2H3,(H,29,30)/t16-,19-,22?. The van der Waals surface area contributed by atoms with Crippen LogP contribution in [0.1, 0.15) is 74.0 Å². The number of hydrogen-bond acceptors (Lipinski definition) is 5. The molecule has 32 heavy (non-hydrogen) atoms. The highest BCUT2D eigenvalue weighted by Gasteiger charge is 2.39. The number of ether oxygens (including phenoxy) is 1. The smallest absolute Gasteiger partial charge is 0.168 e. The number of nitriles is 1. The predicted molar refractivity (Wildman–Crippen MR) is 126 cm³/mol. The molecule has 0 bridgehead atoms. The average molecular weight is 452 g/mol. The van der Waals surface area contributed by atoms with Gasteiger partial charge >= 0.3 is 0 Å². The summed E-state index contributed by atoms with van der Waals surface area (Å²) in [7, 11) is 0. The first-order valence-electron chi connectivity index (χ1n) is 11.7. The second-order valence-corrected chi connectivity index (χ2v) is 9.34. The quantitative estimate of drug-likeness (QED) is 0.542. The zero-order valence-corrected chi connectivity index (χ0v) is 19.5. The van der Waals surface area contributed by atoms with Crippen LogP contribution in [0.15, 0.2) is 30.3 Å². The van der Waals surface area contributed by atoms with Crippen LogP contribution in [0.25, 0.3) is 0 Å². The number of carbonyl (C=O) groups is 1. The monoisotopic (exact) mass is 451 g/mol. The fourth-order valence-electron chi connectivity index (χ4n) is 5.01. The van der Waals surface area contributed by atoms with Crippen molar-refractivity contribution in [2.45, 2.75) is 70.9 Å². The molecular weight excluding hydrogens is 422 g/mol. The van der Waals surface area contributed by atoms with Crippen LogP contribution in [0.4, 0.5) is 5.82 Å². The molecule has 1 fully saturated rings. The topological polar surface area (TPSA) is 75.0 Å². The number of Topliss-reactive ketones (excluding diaryl/α,β-unsaturated/α-hetero) is 1. The third kappa shape index (κ3) is 4.76. The van der Waals surface area contributed by atoms with Gasteiger partial charge in [0.2, 0.25) is 0 Å². The summed E-state index contributed by atoms with van der Waals surface area (Å²) < 4.78 is 6.11. The van der Waals surface area contributed by atoms with Crippen molar-refractivity contribution in [3.63, 3.8) is 0 Å². The summed E-state index contributed by atoms with van der Waals surface area (Å²) in [6.45, 7) is 4.34. The maximum absolute atomic E-state index is 13.1. The predicted octanol–water partition coefficient (Wildman–Crippen LogP) is 6.20. The van der Waals surface area contributed by atoms with Gasteiger partial charge in [0.25, 0.3) is 0 Å². The van der Waals surface area contributed by atoms with Gasteiger partial charge in [-0.05, 0) is 68.7 Å². The second kappa shape index (κ2) is 9.92. The van der Waals surface area contributed by atoms with Crippen molar-refractivity contribution in [3.05, 3.63) is 52.2 Å². The van der Waals surface area contributed by atoms with Crippen LogP contribution in [0.2, 0.25) is 5.02 Å². The molecule has 2 aliphatic rings. The van der Waals surface area contributed by atoms with Gasteiger partial charge in [-0.2, -0.15) is 5.26 Å². The van der Waals surface area contributed by atoms with Crippen molar-refractivity contribution >= 4 is 23.2 Å². The van der Waals surface area contributed by atoms with Crippen molar-refractivity contribution in [1.82, 2.24) is 4.98 Å². The van der Waals surface area contributed by atoms with E-state index >= 15 is 0 Å². The summed E-state index contributed by atoms with van der Waals surface area (Å²) in [4.78, 5) is 17.9. The van der Waals surface area contributed by atoms with Gasteiger partial charge in [0, 0.05) is 30.0 Å². The Morgan fingerprint density at radius 1 is 1.19 bits per heavy atom. The van der Waals surface area contributed by atoms with Crippen LogP contribution in [-0.2, 0) is 6.42 Å². The molecule has 1 heterocycles. The number of nitrogens with zero attached hydrogens (tertiary/aromatic N) is 2. The number of nitrogens with one attached hydrogen (secondary N) is 1. The number of carbonyl (C=O) groups excluding carboxylic acids is 1. The molecule has 1 N–H and O–H groups in total. The lowest BCUT2D eigenvalue weighted by Crippen LogP contribution is -2.30. The van der Waals surface area contributed by atoms with Crippen LogP contribution in [0.5, 0.6) is 5.75 Å². The van der Waals surface area contributed by atoms with Gasteiger partial charge in [-0.1, -0.05) is 25.4 Å². The molecule has 0 radical (unpaired) electrons. The molecule has 1 aromatic carbocycles. The molecule has 0 amide bonds. The minimum atomic E-state index is 0.0335. The number of rotatable bonds is 7. The molecule has 1 saturated carbocycles. The first-order chi connectivity index (χ1) is 15.5. The third-order valence-electron chi connectivity index (χ3n) is 6.98. The van der Waals surface area contributed by atoms with Gasteiger partial charge in [0.1, 0.15) is 17.6 Å². The molecule has 2 aromatic rings. The maximum atomic E-state index is 13.1. The van der Waals surface area contributed by atoms with E-state index in [-0.39, 0.29) is 17.8 Å². The van der Waals surface area contributed by atoms with Gasteiger partial charge in [-0.25, -0.2) is 4.98 Å². The zero-order valence-electron chi connectivity index (χ0n) is 18.7. The van der Waals surface area contributed by atoms with Gasteiger partial charge < -0.3 is 10.1 Å². The molecule has 168 valence electrons. The number of fused-ring (bicyclic) bond motifs is 1. The maximum Gasteiger partial charge on any atom is 0.168 e. The summed E-state index contributed by atoms with van der Waals surface area (Å²) in [5.74, 6) is 2.24. The molecule has 0 spiro atoms. The highest BCUT2D eigenvalue weighted by Crippen LogP contribution is 2.39. The van der Waals surface area contributed by atoms with Crippen molar-refractivity contribution in [2.24, 2.45) is 11.8 Å². The largest absolute Gasteiger partial charge is 0.490 e. The van der Waals surface area contributed by atoms with E-state index in [1.807, 2.05) is 12.1 Å². The van der Waals surface area contributed by atoms with Gasteiger partial charge in [0.05, 0.1) is 22.4 Å². The molecule has 4 rings (SSSR count). The molecule has 1 unspecified atom stereocenters. The molecule has 1 atom stereocenters. The molecule has 5 nitrogen and oxygen atoms in total. The Bertz CT molecular complexity index is 1020. The van der Waals surface area contributed by atoms with Crippen molar-refractivity contribution in [3.8, 4) is 11.8 Å². The Kier molecular flexibility index (Phi) is 7.01. The summed E-state index contributed by atoms with van der Waals surface area (Å²) in [6.07, 6.45) is 6.73. The molecular formula is C26H30ClN3O2. The Morgan fingerprint density at radius 3 is 2.59 bits per heavy atom. The number of benzene rings is 1. The summed E-state index contributed by atoms with van der Waals surface area (Å²) >= 11 is 6.12. The van der Waals surface area contributed by atoms with E-state index in [1.54, 1.807) is 18.2 Å². The normalized spacial score (nSPS) is 22.5. The highest BCUT2D eigenvalue weighted by molar-refractivity contribution is 6.31. The average Bonchev–Trinajstić information content (AvgIpc) is 3.14. The molecule has 0 saturated heterocycles. The minimum absolute atomic E-state index is 0.0335. The van der Waals surface area contributed by atoms with Gasteiger partial charge in [0.15, 0.2) is 5.78 Å². The van der Waals surface area contributed by atoms with Crippen molar-refractivity contribution in [1.29, 1.82) is 5.26 Å². The van der Waals surface area contributed by atoms with Crippen molar-refractivity contribution < 1.29 is 9.53 Å². The van der Waals surface area contributed by atoms with E-state index in [4.69, 9.17) is 26.6 Å². The molecule has 1 aromatic heterocycles. The fraction of sp³-hybridized carbons (Fsp3) is 0.500. The lowest BCUT2D eigenvalue weighted by Gasteiger charge is -2.31. The first-order valence-corrected chi connectivity index (χ1v) is 12.1. The summed E-state index contributed by atoms with van der Waals surface area (Å²) in [6, 6.07) is 11.6. The lowest BCUT2D eigenvalue weighted by molar-refractivity contribution is 0.0782. The number of anilines is 1. The Balaban J connectivity index is 1.35. The zero-order chi connectivity index (χ0) is 22.7. The highest BCUT2D eigenvalue weighted by atomic mass is 35.5. The molecule has 2 aliphatic carbocycles. The van der Waals surface area contributed by atoms with Crippen LogP contribution >= 0.6 is 11.6 Å². The SMILES string of the molecule is CCC(CC)Nc1ccc2c(n1)CC([C@H]1CC[C@H](Oc3ccc(C#N)c(Cl)c3)CC1)C2=O. The van der Waals surface area contributed by atoms with E-state index in [9.17, 15) is 4.79 Å². The van der Waals surface area contributed by atoms with E-state index in [1.165, 1.54) is 0 Å². The van der Waals surface area contributed by atoms with Gasteiger partial charge in [-0.15, -0.1) is 0 Å². The number of ketones is 1. The number of hydrogen-bond donors (Lipinski definition) is 1. The number of halogens is 1. The van der Waals surface area contributed by atoms with Crippen LogP contribution in [-0.4, -0.2) is 22.9 Å². The fourth-order valence-corrected chi connectivity index (χ4v) is 5.22. The molecule has 6 heteroatoms. The lowest BCUT2D eigenvalue weighted by atomic mass is 9.77. The third-order valence-corrected chi connectivity index (χ3v) is 7.29. The summed E-state index contributed by atoms with van der Waals surface area (Å²) in [5, 5.41) is 12.9. The van der Waals surface area contributed by atoms with E-state index < -0.39 is 0 Å². The Hall–Kier alpha value is -2.58. The number of aromatic nitrogens is 1. The van der Waals surface area contributed by atoms with Crippen molar-refractivity contribution in [2.75, 3.05) is 5.32 Å². The Labute approximate surface area is 195 Å².